The zero-order chi connectivity index (χ0) is 17.0. The fourth-order valence-corrected chi connectivity index (χ4v) is 2.86. The molecule has 0 radical (unpaired) electrons. The number of aromatic nitrogens is 1. The molecule has 2 rings (SSSR count). The summed E-state index contributed by atoms with van der Waals surface area (Å²) in [6.07, 6.45) is 0.0408. The number of carbonyl (C=O) groups excluding carboxylic acids is 1. The number of carbonyl (C=O) groups is 2. The molecule has 2 heterocycles. The SMILES string of the molecule is Cc1oc(-c2ccsc2)nc1CC(=O)N(CCC(=O)O)C(C)C. The zero-order valence-electron chi connectivity index (χ0n) is 13.4. The maximum atomic E-state index is 12.5. The van der Waals surface area contributed by atoms with Crippen LogP contribution in [0.5, 0.6) is 0 Å². The fraction of sp³-hybridized carbons (Fsp3) is 0.438. The van der Waals surface area contributed by atoms with Gasteiger partial charge in [0.25, 0.3) is 0 Å². The molecule has 0 aromatic carbocycles. The summed E-state index contributed by atoms with van der Waals surface area (Å²) in [5, 5.41) is 12.7. The van der Waals surface area contributed by atoms with Gasteiger partial charge in [0.2, 0.25) is 11.8 Å². The Morgan fingerprint density at radius 3 is 2.74 bits per heavy atom. The van der Waals surface area contributed by atoms with E-state index in [1.54, 1.807) is 23.2 Å². The lowest BCUT2D eigenvalue weighted by Crippen LogP contribution is -2.39. The molecule has 124 valence electrons. The van der Waals surface area contributed by atoms with Crippen molar-refractivity contribution in [3.63, 3.8) is 0 Å². The van der Waals surface area contributed by atoms with Crippen molar-refractivity contribution in [2.24, 2.45) is 0 Å². The molecule has 1 N–H and O–H groups in total. The van der Waals surface area contributed by atoms with Crippen LogP contribution < -0.4 is 0 Å². The number of hydrogen-bond donors (Lipinski definition) is 1. The fourth-order valence-electron chi connectivity index (χ4n) is 2.23. The van der Waals surface area contributed by atoms with E-state index in [1.807, 2.05) is 30.7 Å². The van der Waals surface area contributed by atoms with Crippen molar-refractivity contribution < 1.29 is 19.1 Å². The molecule has 23 heavy (non-hydrogen) atoms. The van der Waals surface area contributed by atoms with Crippen molar-refractivity contribution >= 4 is 23.2 Å². The highest BCUT2D eigenvalue weighted by Crippen LogP contribution is 2.24. The van der Waals surface area contributed by atoms with Gasteiger partial charge in [-0.25, -0.2) is 4.98 Å². The number of carboxylic acid groups (broad SMARTS) is 1. The summed E-state index contributed by atoms with van der Waals surface area (Å²) in [5.41, 5.74) is 1.49. The van der Waals surface area contributed by atoms with Crippen LogP contribution in [0.1, 0.15) is 31.7 Å². The summed E-state index contributed by atoms with van der Waals surface area (Å²) in [7, 11) is 0. The topological polar surface area (TPSA) is 83.6 Å². The first-order chi connectivity index (χ1) is 10.9. The molecule has 0 aliphatic carbocycles. The van der Waals surface area contributed by atoms with E-state index in [4.69, 9.17) is 9.52 Å². The minimum absolute atomic E-state index is 0.0644. The lowest BCUT2D eigenvalue weighted by Gasteiger charge is -2.26. The Kier molecular flexibility index (Phi) is 5.54. The first-order valence-electron chi connectivity index (χ1n) is 7.38. The minimum Gasteiger partial charge on any atom is -0.481 e. The van der Waals surface area contributed by atoms with Crippen LogP contribution in [0.4, 0.5) is 0 Å². The van der Waals surface area contributed by atoms with Gasteiger partial charge in [-0.2, -0.15) is 11.3 Å². The van der Waals surface area contributed by atoms with Crippen molar-refractivity contribution in [3.05, 3.63) is 28.3 Å². The predicted molar refractivity (Wildman–Crippen MR) is 87.4 cm³/mol. The number of amides is 1. The summed E-state index contributed by atoms with van der Waals surface area (Å²) < 4.78 is 5.63. The van der Waals surface area contributed by atoms with Crippen LogP contribution in [0.3, 0.4) is 0 Å². The molecule has 0 unspecified atom stereocenters. The second kappa shape index (κ2) is 7.41. The number of aliphatic carboxylic acids is 1. The van der Waals surface area contributed by atoms with Crippen molar-refractivity contribution in [3.8, 4) is 11.5 Å². The number of carboxylic acids is 1. The van der Waals surface area contributed by atoms with Gasteiger partial charge in [0.05, 0.1) is 18.5 Å². The molecule has 1 amide bonds. The van der Waals surface area contributed by atoms with Crippen LogP contribution in [0.2, 0.25) is 0 Å². The van der Waals surface area contributed by atoms with E-state index in [1.165, 1.54) is 0 Å². The molecule has 0 atom stereocenters. The lowest BCUT2D eigenvalue weighted by atomic mass is 10.2. The molecule has 0 saturated heterocycles. The number of rotatable bonds is 7. The average molecular weight is 336 g/mol. The highest BCUT2D eigenvalue weighted by atomic mass is 32.1. The third kappa shape index (κ3) is 4.41. The first kappa shape index (κ1) is 17.2. The van der Waals surface area contributed by atoms with Crippen LogP contribution >= 0.6 is 11.3 Å². The lowest BCUT2D eigenvalue weighted by molar-refractivity contribution is -0.139. The number of hydrogen-bond acceptors (Lipinski definition) is 5. The maximum absolute atomic E-state index is 12.5. The summed E-state index contributed by atoms with van der Waals surface area (Å²) in [4.78, 5) is 29.2. The van der Waals surface area contributed by atoms with Crippen molar-refractivity contribution in [1.82, 2.24) is 9.88 Å². The van der Waals surface area contributed by atoms with Gasteiger partial charge in [-0.15, -0.1) is 0 Å². The molecule has 7 heteroatoms. The number of oxazole rings is 1. The van der Waals surface area contributed by atoms with Crippen LogP contribution in [-0.4, -0.2) is 39.5 Å². The predicted octanol–water partition coefficient (Wildman–Crippen LogP) is 2.97. The Labute approximate surface area is 138 Å². The van der Waals surface area contributed by atoms with Gasteiger partial charge in [-0.3, -0.25) is 9.59 Å². The molecule has 0 fully saturated rings. The third-order valence-corrected chi connectivity index (χ3v) is 4.17. The van der Waals surface area contributed by atoms with E-state index in [0.717, 1.165) is 5.56 Å². The van der Waals surface area contributed by atoms with Gasteiger partial charge >= 0.3 is 5.97 Å². The first-order valence-corrected chi connectivity index (χ1v) is 8.33. The molecule has 0 aliphatic heterocycles. The molecular formula is C16H20N2O4S. The van der Waals surface area contributed by atoms with Gasteiger partial charge in [0.1, 0.15) is 5.76 Å². The smallest absolute Gasteiger partial charge is 0.305 e. The van der Waals surface area contributed by atoms with Crippen molar-refractivity contribution in [2.75, 3.05) is 6.54 Å². The van der Waals surface area contributed by atoms with Gasteiger partial charge in [-0.1, -0.05) is 0 Å². The summed E-state index contributed by atoms with van der Waals surface area (Å²) >= 11 is 1.55. The standard InChI is InChI=1S/C16H20N2O4S/c1-10(2)18(6-4-15(20)21)14(19)8-13-11(3)22-16(17-13)12-5-7-23-9-12/h5,7,9-10H,4,6,8H2,1-3H3,(H,20,21). The Morgan fingerprint density at radius 2 is 2.17 bits per heavy atom. The van der Waals surface area contributed by atoms with E-state index in [-0.39, 0.29) is 31.3 Å². The number of aryl methyl sites for hydroxylation is 1. The van der Waals surface area contributed by atoms with Crippen LogP contribution in [0.15, 0.2) is 21.2 Å². The monoisotopic (exact) mass is 336 g/mol. The largest absolute Gasteiger partial charge is 0.481 e. The summed E-state index contributed by atoms with van der Waals surface area (Å²) in [5.74, 6) is 0.0602. The van der Waals surface area contributed by atoms with Gasteiger partial charge in [-0.05, 0) is 32.2 Å². The molecular weight excluding hydrogens is 316 g/mol. The normalized spacial score (nSPS) is 11.0. The van der Waals surface area contributed by atoms with E-state index in [0.29, 0.717) is 17.3 Å². The molecule has 6 nitrogen and oxygen atoms in total. The minimum atomic E-state index is -0.916. The van der Waals surface area contributed by atoms with Crippen LogP contribution in [-0.2, 0) is 16.0 Å². The summed E-state index contributed by atoms with van der Waals surface area (Å²) in [6.45, 7) is 5.71. The van der Waals surface area contributed by atoms with E-state index in [9.17, 15) is 9.59 Å². The van der Waals surface area contributed by atoms with E-state index in [2.05, 4.69) is 4.98 Å². The summed E-state index contributed by atoms with van der Waals surface area (Å²) in [6, 6.07) is 1.85. The third-order valence-electron chi connectivity index (χ3n) is 3.49. The quantitative estimate of drug-likeness (QED) is 0.840. The Hall–Kier alpha value is -2.15. The van der Waals surface area contributed by atoms with Gasteiger partial charge in [0.15, 0.2) is 0 Å². The molecule has 0 saturated carbocycles. The zero-order valence-corrected chi connectivity index (χ0v) is 14.2. The van der Waals surface area contributed by atoms with Gasteiger partial charge in [0, 0.05) is 23.5 Å². The maximum Gasteiger partial charge on any atom is 0.305 e. The van der Waals surface area contributed by atoms with Crippen LogP contribution in [0.25, 0.3) is 11.5 Å². The van der Waals surface area contributed by atoms with E-state index < -0.39 is 5.97 Å². The van der Waals surface area contributed by atoms with E-state index >= 15 is 0 Å². The highest BCUT2D eigenvalue weighted by molar-refractivity contribution is 7.08. The number of nitrogens with zero attached hydrogens (tertiary/aromatic N) is 2. The van der Waals surface area contributed by atoms with Gasteiger partial charge < -0.3 is 14.4 Å². The number of thiophene rings is 1. The Bertz CT molecular complexity index is 676. The highest BCUT2D eigenvalue weighted by Gasteiger charge is 2.21. The molecule has 2 aromatic rings. The van der Waals surface area contributed by atoms with Crippen molar-refractivity contribution in [2.45, 2.75) is 39.7 Å². The molecule has 0 aliphatic rings. The Balaban J connectivity index is 2.10. The molecule has 0 spiro atoms. The second-order valence-corrected chi connectivity index (χ2v) is 6.32. The van der Waals surface area contributed by atoms with Crippen LogP contribution in [0, 0.1) is 6.92 Å². The molecule has 2 aromatic heterocycles. The second-order valence-electron chi connectivity index (χ2n) is 5.54. The van der Waals surface area contributed by atoms with Crippen molar-refractivity contribution in [1.29, 1.82) is 0 Å². The molecule has 0 bridgehead atoms. The average Bonchev–Trinajstić information content (AvgIpc) is 3.08. The Morgan fingerprint density at radius 1 is 1.43 bits per heavy atom.